The molecule has 0 fully saturated rings. The van der Waals surface area contributed by atoms with Gasteiger partial charge in [-0.25, -0.2) is 0 Å². The van der Waals surface area contributed by atoms with Crippen molar-refractivity contribution in [3.8, 4) is 11.5 Å². The fourth-order valence-corrected chi connectivity index (χ4v) is 4.80. The van der Waals surface area contributed by atoms with Crippen LogP contribution in [-0.2, 0) is 6.42 Å². The third-order valence-electron chi connectivity index (χ3n) is 5.03. The Morgan fingerprint density at radius 2 is 1.94 bits per heavy atom. The second kappa shape index (κ2) is 8.52. The summed E-state index contributed by atoms with van der Waals surface area (Å²) in [5.74, 6) is 1.02. The normalized spacial score (nSPS) is 11.1. The van der Waals surface area contributed by atoms with Crippen LogP contribution in [-0.4, -0.2) is 36.1 Å². The van der Waals surface area contributed by atoms with Crippen molar-refractivity contribution in [2.45, 2.75) is 13.3 Å². The number of thiazole rings is 1. The monoisotopic (exact) mass is 455 g/mol. The number of amides is 1. The van der Waals surface area contributed by atoms with Crippen molar-refractivity contribution >= 4 is 46.0 Å². The summed E-state index contributed by atoms with van der Waals surface area (Å²) in [5.41, 5.74) is 2.84. The fourth-order valence-electron chi connectivity index (χ4n) is 3.50. The molecule has 7 nitrogen and oxygen atoms in total. The van der Waals surface area contributed by atoms with Crippen LogP contribution in [0.3, 0.4) is 0 Å². The number of carbonyl (C=O) groups excluding carboxylic acids is 1. The van der Waals surface area contributed by atoms with Crippen LogP contribution in [0.15, 0.2) is 41.2 Å². The molecule has 2 N–H and O–H groups in total. The van der Waals surface area contributed by atoms with Gasteiger partial charge in [-0.3, -0.25) is 14.0 Å². The van der Waals surface area contributed by atoms with Crippen molar-refractivity contribution in [3.63, 3.8) is 0 Å². The first-order chi connectivity index (χ1) is 14.9. The van der Waals surface area contributed by atoms with Crippen molar-refractivity contribution in [1.29, 1.82) is 0 Å². The van der Waals surface area contributed by atoms with Crippen LogP contribution in [0.25, 0.3) is 16.6 Å². The van der Waals surface area contributed by atoms with Crippen LogP contribution >= 0.6 is 23.6 Å². The number of fused-ring (bicyclic) bond motifs is 3. The van der Waals surface area contributed by atoms with Gasteiger partial charge in [0.2, 0.25) is 0 Å². The SMILES string of the molecule is COc1ccc(CCNC(=O)c2sc(=S)n3c2[nH]c(=O)c2cc(C)ccc23)cc1OC. The Morgan fingerprint density at radius 1 is 1.16 bits per heavy atom. The second-order valence-corrected chi connectivity index (χ2v) is 8.70. The van der Waals surface area contributed by atoms with Gasteiger partial charge in [0.1, 0.15) is 10.5 Å². The zero-order valence-electron chi connectivity index (χ0n) is 17.3. The number of hydrogen-bond donors (Lipinski definition) is 2. The Hall–Kier alpha value is -3.17. The molecule has 0 atom stereocenters. The quantitative estimate of drug-likeness (QED) is 0.431. The number of methoxy groups -OCH3 is 2. The van der Waals surface area contributed by atoms with Crippen molar-refractivity contribution in [2.24, 2.45) is 0 Å². The van der Waals surface area contributed by atoms with Crippen LogP contribution in [0.2, 0.25) is 0 Å². The zero-order chi connectivity index (χ0) is 22.1. The highest BCUT2D eigenvalue weighted by molar-refractivity contribution is 7.73. The van der Waals surface area contributed by atoms with Crippen molar-refractivity contribution in [3.05, 3.63) is 66.7 Å². The van der Waals surface area contributed by atoms with E-state index in [1.54, 1.807) is 18.6 Å². The number of nitrogens with one attached hydrogen (secondary N) is 2. The highest BCUT2D eigenvalue weighted by atomic mass is 32.1. The Kier molecular flexibility index (Phi) is 5.79. The molecule has 0 saturated heterocycles. The number of benzene rings is 2. The summed E-state index contributed by atoms with van der Waals surface area (Å²) in [7, 11) is 3.17. The molecular weight excluding hydrogens is 434 g/mol. The van der Waals surface area contributed by atoms with E-state index in [2.05, 4.69) is 10.3 Å². The van der Waals surface area contributed by atoms with Crippen molar-refractivity contribution in [2.75, 3.05) is 20.8 Å². The van der Waals surface area contributed by atoms with Gasteiger partial charge in [0.15, 0.2) is 15.5 Å². The van der Waals surface area contributed by atoms with E-state index in [9.17, 15) is 9.59 Å². The molecule has 1 amide bonds. The number of aromatic nitrogens is 2. The summed E-state index contributed by atoms with van der Waals surface area (Å²) < 4.78 is 12.8. The molecule has 4 aromatic rings. The van der Waals surface area contributed by atoms with Crippen LogP contribution in [0.5, 0.6) is 11.5 Å². The summed E-state index contributed by atoms with van der Waals surface area (Å²) in [4.78, 5) is 28.7. The Bertz CT molecular complexity index is 1420. The number of carbonyl (C=O) groups is 1. The highest BCUT2D eigenvalue weighted by Gasteiger charge is 2.18. The summed E-state index contributed by atoms with van der Waals surface area (Å²) in [5, 5.41) is 3.46. The number of rotatable bonds is 6. The lowest BCUT2D eigenvalue weighted by molar-refractivity contribution is 0.0959. The predicted octanol–water partition coefficient (Wildman–Crippen LogP) is 3.87. The van der Waals surface area contributed by atoms with Gasteiger partial charge in [-0.1, -0.05) is 29.0 Å². The van der Waals surface area contributed by atoms with Crippen molar-refractivity contribution < 1.29 is 14.3 Å². The van der Waals surface area contributed by atoms with Crippen molar-refractivity contribution in [1.82, 2.24) is 14.7 Å². The molecule has 2 aromatic carbocycles. The molecular formula is C22H21N3O4S2. The molecule has 0 aliphatic heterocycles. The van der Waals surface area contributed by atoms with E-state index < -0.39 is 0 Å². The predicted molar refractivity (Wildman–Crippen MR) is 125 cm³/mol. The molecule has 0 spiro atoms. The van der Waals surface area contributed by atoms with E-state index in [1.807, 2.05) is 43.3 Å². The first-order valence-corrected chi connectivity index (χ1v) is 10.8. The third kappa shape index (κ3) is 3.94. The lowest BCUT2D eigenvalue weighted by Gasteiger charge is -2.10. The minimum Gasteiger partial charge on any atom is -0.493 e. The first kappa shape index (κ1) is 21.1. The maximum atomic E-state index is 12.9. The van der Waals surface area contributed by atoms with Crippen LogP contribution < -0.4 is 20.3 Å². The molecule has 2 aromatic heterocycles. The molecule has 0 bridgehead atoms. The molecule has 9 heteroatoms. The van der Waals surface area contributed by atoms with E-state index in [-0.39, 0.29) is 11.5 Å². The highest BCUT2D eigenvalue weighted by Crippen LogP contribution is 2.27. The summed E-state index contributed by atoms with van der Waals surface area (Å²) in [6, 6.07) is 11.2. The standard InChI is InChI=1S/C22H21N3O4S2/c1-12-4-6-15-14(10-12)20(26)24-19-18(31-22(30)25(15)19)21(27)23-9-8-13-5-7-16(28-2)17(11-13)29-3/h4-7,10-11H,8-9H2,1-3H3,(H,23,27)(H,24,26). The molecule has 0 aliphatic carbocycles. The molecule has 4 rings (SSSR count). The van der Waals surface area contributed by atoms with E-state index in [4.69, 9.17) is 21.7 Å². The molecule has 0 aliphatic rings. The summed E-state index contributed by atoms with van der Waals surface area (Å²) in [6.07, 6.45) is 0.613. The minimum atomic E-state index is -0.277. The van der Waals surface area contributed by atoms with E-state index in [0.717, 1.165) is 11.1 Å². The lowest BCUT2D eigenvalue weighted by atomic mass is 10.1. The maximum absolute atomic E-state index is 12.9. The van der Waals surface area contributed by atoms with E-state index >= 15 is 0 Å². The fraction of sp³-hybridized carbons (Fsp3) is 0.227. The maximum Gasteiger partial charge on any atom is 0.265 e. The molecule has 0 radical (unpaired) electrons. The molecule has 31 heavy (non-hydrogen) atoms. The lowest BCUT2D eigenvalue weighted by Crippen LogP contribution is -2.25. The number of aromatic amines is 1. The van der Waals surface area contributed by atoms with Gasteiger partial charge in [0.05, 0.1) is 25.1 Å². The smallest absolute Gasteiger partial charge is 0.265 e. The largest absolute Gasteiger partial charge is 0.493 e. The number of nitrogens with zero attached hydrogens (tertiary/aromatic N) is 1. The Morgan fingerprint density at radius 3 is 2.68 bits per heavy atom. The van der Waals surface area contributed by atoms with Crippen LogP contribution in [0.4, 0.5) is 0 Å². The molecule has 160 valence electrons. The average molecular weight is 456 g/mol. The second-order valence-electron chi connectivity index (χ2n) is 7.05. The average Bonchev–Trinajstić information content (AvgIpc) is 3.10. The van der Waals surface area contributed by atoms with Crippen LogP contribution in [0, 0.1) is 10.9 Å². The zero-order valence-corrected chi connectivity index (χ0v) is 18.9. The Balaban J connectivity index is 1.59. The molecule has 2 heterocycles. The topological polar surface area (TPSA) is 84.8 Å². The van der Waals surface area contributed by atoms with Gasteiger partial charge >= 0.3 is 0 Å². The van der Waals surface area contributed by atoms with Gasteiger partial charge < -0.3 is 19.8 Å². The number of ether oxygens (including phenoxy) is 2. The number of H-pyrrole nitrogens is 1. The number of aryl methyl sites for hydroxylation is 1. The van der Waals surface area contributed by atoms with Crippen LogP contribution in [0.1, 0.15) is 20.8 Å². The van der Waals surface area contributed by atoms with Gasteiger partial charge in [-0.2, -0.15) is 0 Å². The molecule has 0 unspecified atom stereocenters. The van der Waals surface area contributed by atoms with E-state index in [1.165, 1.54) is 11.3 Å². The van der Waals surface area contributed by atoms with E-state index in [0.29, 0.717) is 49.8 Å². The first-order valence-electron chi connectivity index (χ1n) is 9.60. The van der Waals surface area contributed by atoms with Gasteiger partial charge in [-0.15, -0.1) is 0 Å². The van der Waals surface area contributed by atoms with Gasteiger partial charge in [0.25, 0.3) is 11.5 Å². The summed E-state index contributed by atoms with van der Waals surface area (Å²) >= 11 is 6.67. The van der Waals surface area contributed by atoms with Gasteiger partial charge in [0, 0.05) is 6.54 Å². The minimum absolute atomic E-state index is 0.245. The number of hydrogen-bond acceptors (Lipinski definition) is 6. The molecule has 0 saturated carbocycles. The Labute approximate surface area is 187 Å². The summed E-state index contributed by atoms with van der Waals surface area (Å²) in [6.45, 7) is 2.34. The van der Waals surface area contributed by atoms with Gasteiger partial charge in [-0.05, 0) is 55.4 Å². The third-order valence-corrected chi connectivity index (χ3v) is 6.41.